The van der Waals surface area contributed by atoms with Gasteiger partial charge in [0.05, 0.1) is 12.5 Å². The molecule has 2 aromatic rings. The number of hydrogen-bond donors (Lipinski definition) is 0. The zero-order chi connectivity index (χ0) is 21.6. The molecule has 6 heteroatoms. The molecule has 2 heterocycles. The highest BCUT2D eigenvalue weighted by Gasteiger charge is 2.37. The van der Waals surface area contributed by atoms with Crippen molar-refractivity contribution in [1.82, 2.24) is 9.80 Å². The van der Waals surface area contributed by atoms with Crippen LogP contribution in [0, 0.1) is 5.92 Å². The van der Waals surface area contributed by atoms with E-state index in [0.29, 0.717) is 13.2 Å². The molecule has 0 radical (unpaired) electrons. The van der Waals surface area contributed by atoms with Crippen molar-refractivity contribution < 1.29 is 14.3 Å². The number of carbonyl (C=O) groups is 2. The molecule has 2 fully saturated rings. The molecule has 2 aliphatic rings. The fraction of sp³-hybridized carbons (Fsp3) is 0.440. The smallest absolute Gasteiger partial charge is 0.228 e. The van der Waals surface area contributed by atoms with E-state index in [-0.39, 0.29) is 24.2 Å². The van der Waals surface area contributed by atoms with Crippen LogP contribution in [0.25, 0.3) is 0 Å². The van der Waals surface area contributed by atoms with Crippen molar-refractivity contribution in [3.8, 4) is 5.75 Å². The molecule has 4 rings (SSSR count). The van der Waals surface area contributed by atoms with Crippen LogP contribution in [0.5, 0.6) is 5.75 Å². The molecule has 0 aliphatic carbocycles. The summed E-state index contributed by atoms with van der Waals surface area (Å²) in [5.74, 6) is 0.670. The minimum Gasteiger partial charge on any atom is -0.494 e. The standard InChI is InChI=1S/C25H31N3O3/c1-2-16-31-23-10-8-22(9-11-23)28-19-21(17-24(28)29)25(30)27-14-12-26(13-15-27)18-20-6-4-3-5-7-20/h3-11,21H,2,12-19H2,1H3/t21-/m1/s1. The minimum atomic E-state index is -0.260. The maximum atomic E-state index is 13.1. The summed E-state index contributed by atoms with van der Waals surface area (Å²) in [6.45, 7) is 7.29. The highest BCUT2D eigenvalue weighted by atomic mass is 16.5. The Kier molecular flexibility index (Phi) is 6.87. The zero-order valence-corrected chi connectivity index (χ0v) is 18.2. The Morgan fingerprint density at radius 1 is 1.00 bits per heavy atom. The molecule has 0 N–H and O–H groups in total. The number of carbonyl (C=O) groups excluding carboxylic acids is 2. The lowest BCUT2D eigenvalue weighted by Gasteiger charge is -2.36. The second-order valence-electron chi connectivity index (χ2n) is 8.33. The summed E-state index contributed by atoms with van der Waals surface area (Å²) in [7, 11) is 0. The summed E-state index contributed by atoms with van der Waals surface area (Å²) in [5, 5.41) is 0. The topological polar surface area (TPSA) is 53.1 Å². The molecule has 6 nitrogen and oxygen atoms in total. The number of piperazine rings is 1. The molecule has 2 amide bonds. The van der Waals surface area contributed by atoms with Gasteiger partial charge in [-0.15, -0.1) is 0 Å². The predicted molar refractivity (Wildman–Crippen MR) is 121 cm³/mol. The SMILES string of the molecule is CCCOc1ccc(N2C[C@H](C(=O)N3CCN(Cc4ccccc4)CC3)CC2=O)cc1. The lowest BCUT2D eigenvalue weighted by atomic mass is 10.1. The van der Waals surface area contributed by atoms with E-state index in [1.165, 1.54) is 5.56 Å². The molecular formula is C25H31N3O3. The van der Waals surface area contributed by atoms with Gasteiger partial charge in [-0.1, -0.05) is 37.3 Å². The first-order chi connectivity index (χ1) is 15.1. The van der Waals surface area contributed by atoms with Gasteiger partial charge >= 0.3 is 0 Å². The van der Waals surface area contributed by atoms with Crippen LogP contribution < -0.4 is 9.64 Å². The van der Waals surface area contributed by atoms with Gasteiger partial charge in [0.25, 0.3) is 0 Å². The monoisotopic (exact) mass is 421 g/mol. The first-order valence-electron chi connectivity index (χ1n) is 11.2. The molecule has 31 heavy (non-hydrogen) atoms. The van der Waals surface area contributed by atoms with E-state index in [1.807, 2.05) is 35.2 Å². The molecule has 0 unspecified atom stereocenters. The molecule has 2 saturated heterocycles. The maximum Gasteiger partial charge on any atom is 0.228 e. The Hall–Kier alpha value is -2.86. The van der Waals surface area contributed by atoms with Crippen LogP contribution in [0.3, 0.4) is 0 Å². The van der Waals surface area contributed by atoms with Crippen LogP contribution in [0.15, 0.2) is 54.6 Å². The number of anilines is 1. The van der Waals surface area contributed by atoms with Crippen LogP contribution >= 0.6 is 0 Å². The van der Waals surface area contributed by atoms with E-state index < -0.39 is 0 Å². The molecule has 0 saturated carbocycles. The molecule has 2 aliphatic heterocycles. The molecule has 2 aromatic carbocycles. The second kappa shape index (κ2) is 9.96. The molecule has 0 spiro atoms. The lowest BCUT2D eigenvalue weighted by Crippen LogP contribution is -2.50. The van der Waals surface area contributed by atoms with Crippen molar-refractivity contribution in [2.75, 3.05) is 44.2 Å². The predicted octanol–water partition coefficient (Wildman–Crippen LogP) is 3.17. The van der Waals surface area contributed by atoms with E-state index in [2.05, 4.69) is 36.1 Å². The van der Waals surface area contributed by atoms with Gasteiger partial charge in [-0.2, -0.15) is 0 Å². The molecule has 164 valence electrons. The fourth-order valence-corrected chi connectivity index (χ4v) is 4.29. The lowest BCUT2D eigenvalue weighted by molar-refractivity contribution is -0.137. The van der Waals surface area contributed by atoms with Crippen LogP contribution in [0.1, 0.15) is 25.3 Å². The molecule has 0 aromatic heterocycles. The average Bonchev–Trinajstić information content (AvgIpc) is 3.20. The number of nitrogens with zero attached hydrogens (tertiary/aromatic N) is 3. The van der Waals surface area contributed by atoms with Crippen molar-refractivity contribution in [2.45, 2.75) is 26.3 Å². The van der Waals surface area contributed by atoms with E-state index in [1.54, 1.807) is 4.90 Å². The highest BCUT2D eigenvalue weighted by molar-refractivity contribution is 6.00. The number of benzene rings is 2. The Labute approximate surface area is 184 Å². The molecule has 1 atom stereocenters. The average molecular weight is 422 g/mol. The third-order valence-electron chi connectivity index (χ3n) is 6.03. The number of rotatable bonds is 7. The van der Waals surface area contributed by atoms with Gasteiger partial charge in [-0.3, -0.25) is 14.5 Å². The molecule has 0 bridgehead atoms. The number of ether oxygens (including phenoxy) is 1. The van der Waals surface area contributed by atoms with Gasteiger partial charge in [0.1, 0.15) is 5.75 Å². The first-order valence-corrected chi connectivity index (χ1v) is 11.2. The van der Waals surface area contributed by atoms with Crippen molar-refractivity contribution in [1.29, 1.82) is 0 Å². The largest absolute Gasteiger partial charge is 0.494 e. The van der Waals surface area contributed by atoms with E-state index in [4.69, 9.17) is 4.74 Å². The summed E-state index contributed by atoms with van der Waals surface area (Å²) in [6, 6.07) is 18.0. The quantitative estimate of drug-likeness (QED) is 0.689. The van der Waals surface area contributed by atoms with Gasteiger partial charge in [-0.05, 0) is 36.2 Å². The Balaban J connectivity index is 1.29. The summed E-state index contributed by atoms with van der Waals surface area (Å²) >= 11 is 0. The Morgan fingerprint density at radius 3 is 2.39 bits per heavy atom. The Morgan fingerprint density at radius 2 is 1.71 bits per heavy atom. The number of hydrogen-bond acceptors (Lipinski definition) is 4. The van der Waals surface area contributed by atoms with Crippen molar-refractivity contribution in [3.63, 3.8) is 0 Å². The van der Waals surface area contributed by atoms with Gasteiger partial charge in [0, 0.05) is 51.4 Å². The van der Waals surface area contributed by atoms with Crippen LogP contribution in [0.2, 0.25) is 0 Å². The van der Waals surface area contributed by atoms with Gasteiger partial charge in [0.15, 0.2) is 0 Å². The van der Waals surface area contributed by atoms with Crippen LogP contribution in [-0.2, 0) is 16.1 Å². The van der Waals surface area contributed by atoms with Crippen molar-refractivity contribution in [2.24, 2.45) is 5.92 Å². The fourth-order valence-electron chi connectivity index (χ4n) is 4.29. The van der Waals surface area contributed by atoms with Gasteiger partial charge < -0.3 is 14.5 Å². The van der Waals surface area contributed by atoms with Crippen LogP contribution in [0.4, 0.5) is 5.69 Å². The van der Waals surface area contributed by atoms with Crippen molar-refractivity contribution >= 4 is 17.5 Å². The third-order valence-corrected chi connectivity index (χ3v) is 6.03. The van der Waals surface area contributed by atoms with Crippen LogP contribution in [-0.4, -0.2) is 60.9 Å². The zero-order valence-electron chi connectivity index (χ0n) is 18.2. The Bertz CT molecular complexity index is 877. The third kappa shape index (κ3) is 5.25. The summed E-state index contributed by atoms with van der Waals surface area (Å²) < 4.78 is 5.62. The first kappa shape index (κ1) is 21.4. The minimum absolute atomic E-state index is 0.0169. The van der Waals surface area contributed by atoms with E-state index in [9.17, 15) is 9.59 Å². The molecular weight excluding hydrogens is 390 g/mol. The highest BCUT2D eigenvalue weighted by Crippen LogP contribution is 2.28. The number of amides is 2. The summed E-state index contributed by atoms with van der Waals surface area (Å²) in [5.41, 5.74) is 2.13. The summed E-state index contributed by atoms with van der Waals surface area (Å²) in [4.78, 5) is 31.7. The second-order valence-corrected chi connectivity index (χ2v) is 8.33. The van der Waals surface area contributed by atoms with E-state index >= 15 is 0 Å². The van der Waals surface area contributed by atoms with Crippen molar-refractivity contribution in [3.05, 3.63) is 60.2 Å². The normalized spacial score (nSPS) is 19.6. The van der Waals surface area contributed by atoms with Gasteiger partial charge in [0.2, 0.25) is 11.8 Å². The summed E-state index contributed by atoms with van der Waals surface area (Å²) in [6.07, 6.45) is 1.24. The maximum absolute atomic E-state index is 13.1. The van der Waals surface area contributed by atoms with Gasteiger partial charge in [-0.25, -0.2) is 0 Å². The van der Waals surface area contributed by atoms with E-state index in [0.717, 1.165) is 50.6 Å².